The number of anilines is 2. The number of aliphatic hydroxyl groups excluding tert-OH is 1. The van der Waals surface area contributed by atoms with Crippen LogP contribution in [0.25, 0.3) is 0 Å². The molecule has 2 N–H and O–H groups in total. The minimum absolute atomic E-state index is 0.0382. The number of fused-ring (bicyclic) bond motifs is 2. The Morgan fingerprint density at radius 3 is 2.29 bits per heavy atom. The number of aliphatic hydroxyl groups is 1. The molecule has 0 spiro atoms. The van der Waals surface area contributed by atoms with Crippen LogP contribution in [0.15, 0.2) is 36.4 Å². The Morgan fingerprint density at radius 2 is 1.67 bits per heavy atom. The number of ether oxygens (including phenoxy) is 1. The maximum absolute atomic E-state index is 10.7. The summed E-state index contributed by atoms with van der Waals surface area (Å²) in [6.07, 6.45) is 1.42. The molecule has 4 rings (SSSR count). The molecule has 24 heavy (non-hydrogen) atoms. The van der Waals surface area contributed by atoms with Crippen LogP contribution in [-0.4, -0.2) is 30.3 Å². The average molecular weight is 365 g/mol. The quantitative estimate of drug-likeness (QED) is 0.789. The number of hydrogen-bond acceptors (Lipinski definition) is 4. The van der Waals surface area contributed by atoms with Gasteiger partial charge in [0.2, 0.25) is 0 Å². The van der Waals surface area contributed by atoms with E-state index in [1.54, 1.807) is 12.1 Å². The molecule has 0 saturated carbocycles. The van der Waals surface area contributed by atoms with Crippen LogP contribution in [-0.2, 0) is 0 Å². The molecule has 0 aromatic heterocycles. The first-order valence-electron chi connectivity index (χ1n) is 8.08. The highest BCUT2D eigenvalue weighted by molar-refractivity contribution is 6.31. The van der Waals surface area contributed by atoms with Crippen LogP contribution in [0.1, 0.15) is 12.8 Å². The molecule has 2 aliphatic heterocycles. The monoisotopic (exact) mass is 364 g/mol. The SMILES string of the molecule is O[C@@H]1CNCCC[C@H]1N1c2ccc(Cl)cc2Oc2cc(Cl)ccc21. The molecule has 4 nitrogen and oxygen atoms in total. The lowest BCUT2D eigenvalue weighted by Gasteiger charge is -2.40. The molecule has 0 unspecified atom stereocenters. The van der Waals surface area contributed by atoms with Crippen LogP contribution in [0.4, 0.5) is 11.4 Å². The van der Waals surface area contributed by atoms with Crippen LogP contribution in [0.2, 0.25) is 10.0 Å². The molecule has 0 aliphatic carbocycles. The molecule has 0 amide bonds. The summed E-state index contributed by atoms with van der Waals surface area (Å²) in [5.74, 6) is 1.36. The van der Waals surface area contributed by atoms with Crippen molar-refractivity contribution in [2.24, 2.45) is 0 Å². The molecule has 2 aromatic carbocycles. The minimum atomic E-state index is -0.474. The number of nitrogens with one attached hydrogen (secondary N) is 1. The van der Waals surface area contributed by atoms with Gasteiger partial charge in [-0.25, -0.2) is 0 Å². The molecule has 1 saturated heterocycles. The molecular weight excluding hydrogens is 347 g/mol. The van der Waals surface area contributed by atoms with Crippen LogP contribution < -0.4 is 15.0 Å². The van der Waals surface area contributed by atoms with Crippen LogP contribution in [0.5, 0.6) is 11.5 Å². The first-order chi connectivity index (χ1) is 11.6. The molecule has 2 aromatic rings. The maximum atomic E-state index is 10.7. The van der Waals surface area contributed by atoms with Gasteiger partial charge in [0.05, 0.1) is 23.5 Å². The minimum Gasteiger partial charge on any atom is -0.453 e. The second kappa shape index (κ2) is 6.45. The largest absolute Gasteiger partial charge is 0.453 e. The van der Waals surface area contributed by atoms with Gasteiger partial charge in [0.1, 0.15) is 0 Å². The summed E-state index contributed by atoms with van der Waals surface area (Å²) in [5, 5.41) is 15.2. The average Bonchev–Trinajstić information content (AvgIpc) is 2.77. The van der Waals surface area contributed by atoms with Gasteiger partial charge >= 0.3 is 0 Å². The van der Waals surface area contributed by atoms with Gasteiger partial charge in [0.15, 0.2) is 11.5 Å². The predicted molar refractivity (Wildman–Crippen MR) is 97.0 cm³/mol. The maximum Gasteiger partial charge on any atom is 0.152 e. The predicted octanol–water partition coefficient (Wildman–Crippen LogP) is 4.35. The van der Waals surface area contributed by atoms with Crippen LogP contribution in [0, 0.1) is 0 Å². The Balaban J connectivity index is 1.85. The molecule has 2 heterocycles. The van der Waals surface area contributed by atoms with E-state index in [0.29, 0.717) is 28.1 Å². The molecular formula is C18H18Cl2N2O2. The van der Waals surface area contributed by atoms with E-state index in [4.69, 9.17) is 27.9 Å². The van der Waals surface area contributed by atoms with Crippen molar-refractivity contribution in [1.29, 1.82) is 0 Å². The second-order valence-corrected chi connectivity index (χ2v) is 7.05. The lowest BCUT2D eigenvalue weighted by atomic mass is 10.0. The van der Waals surface area contributed by atoms with Crippen molar-refractivity contribution >= 4 is 34.6 Å². The lowest BCUT2D eigenvalue weighted by molar-refractivity contribution is 0.146. The van der Waals surface area contributed by atoms with Crippen molar-refractivity contribution < 1.29 is 9.84 Å². The zero-order valence-corrected chi connectivity index (χ0v) is 14.5. The molecule has 1 fully saturated rings. The normalized spacial score (nSPS) is 23.0. The third-order valence-corrected chi connectivity index (χ3v) is 5.04. The van der Waals surface area contributed by atoms with Crippen molar-refractivity contribution in [1.82, 2.24) is 5.32 Å². The van der Waals surface area contributed by atoms with E-state index in [0.717, 1.165) is 30.8 Å². The fourth-order valence-electron chi connectivity index (χ4n) is 3.46. The standard InChI is InChI=1S/C18H18Cl2N2O2/c19-11-3-5-14-17(8-11)24-18-9-12(20)4-6-15(18)22(14)13-2-1-7-21-10-16(13)23/h3-6,8-9,13,16,21,23H,1-2,7,10H2/t13-,16-/m1/s1. The number of hydrogen-bond donors (Lipinski definition) is 2. The van der Waals surface area contributed by atoms with Crippen molar-refractivity contribution in [3.63, 3.8) is 0 Å². The van der Waals surface area contributed by atoms with Crippen molar-refractivity contribution in [2.45, 2.75) is 25.0 Å². The van der Waals surface area contributed by atoms with Gasteiger partial charge in [0, 0.05) is 28.7 Å². The summed E-state index contributed by atoms with van der Waals surface area (Å²) in [6, 6.07) is 11.1. The molecule has 0 bridgehead atoms. The Morgan fingerprint density at radius 1 is 1.04 bits per heavy atom. The number of halogens is 2. The first-order valence-corrected chi connectivity index (χ1v) is 8.84. The number of rotatable bonds is 1. The van der Waals surface area contributed by atoms with E-state index < -0.39 is 6.10 Å². The fraction of sp³-hybridized carbons (Fsp3) is 0.333. The summed E-state index contributed by atoms with van der Waals surface area (Å²) in [7, 11) is 0. The zero-order chi connectivity index (χ0) is 16.7. The summed E-state index contributed by atoms with van der Waals surface area (Å²) in [6.45, 7) is 1.49. The molecule has 0 radical (unpaired) electrons. The fourth-order valence-corrected chi connectivity index (χ4v) is 3.78. The third-order valence-electron chi connectivity index (χ3n) is 4.57. The number of benzene rings is 2. The smallest absolute Gasteiger partial charge is 0.152 e. The van der Waals surface area contributed by atoms with E-state index in [9.17, 15) is 5.11 Å². The topological polar surface area (TPSA) is 44.7 Å². The number of β-amino-alcohol motifs (C(OH)–C–C–N with tert-alkyl or cyclic N) is 1. The van der Waals surface area contributed by atoms with E-state index in [-0.39, 0.29) is 6.04 Å². The summed E-state index contributed by atoms with van der Waals surface area (Å²) >= 11 is 12.3. The molecule has 2 atom stereocenters. The van der Waals surface area contributed by atoms with E-state index >= 15 is 0 Å². The van der Waals surface area contributed by atoms with Gasteiger partial charge < -0.3 is 20.1 Å². The van der Waals surface area contributed by atoms with Gasteiger partial charge in [-0.2, -0.15) is 0 Å². The van der Waals surface area contributed by atoms with Gasteiger partial charge in [-0.3, -0.25) is 0 Å². The highest BCUT2D eigenvalue weighted by Gasteiger charge is 2.34. The molecule has 2 aliphatic rings. The van der Waals surface area contributed by atoms with E-state index in [2.05, 4.69) is 10.2 Å². The molecule has 126 valence electrons. The summed E-state index contributed by atoms with van der Waals surface area (Å²) < 4.78 is 6.02. The van der Waals surface area contributed by atoms with Gasteiger partial charge in [-0.1, -0.05) is 23.2 Å². The van der Waals surface area contributed by atoms with Gasteiger partial charge in [-0.05, 0) is 43.7 Å². The van der Waals surface area contributed by atoms with Crippen molar-refractivity contribution in [2.75, 3.05) is 18.0 Å². The van der Waals surface area contributed by atoms with Crippen molar-refractivity contribution in [3.05, 3.63) is 46.4 Å². The Labute approximate surface area is 150 Å². The van der Waals surface area contributed by atoms with Gasteiger partial charge in [0.25, 0.3) is 0 Å². The molecule has 6 heteroatoms. The van der Waals surface area contributed by atoms with Crippen LogP contribution in [0.3, 0.4) is 0 Å². The summed E-state index contributed by atoms with van der Waals surface area (Å²) in [4.78, 5) is 2.17. The van der Waals surface area contributed by atoms with E-state index in [1.165, 1.54) is 0 Å². The Bertz CT molecular complexity index is 717. The number of nitrogens with zero attached hydrogens (tertiary/aromatic N) is 1. The lowest BCUT2D eigenvalue weighted by Crippen LogP contribution is -2.44. The van der Waals surface area contributed by atoms with Crippen LogP contribution >= 0.6 is 23.2 Å². The Hall–Kier alpha value is -1.46. The van der Waals surface area contributed by atoms with Crippen molar-refractivity contribution in [3.8, 4) is 11.5 Å². The second-order valence-electron chi connectivity index (χ2n) is 6.18. The summed E-state index contributed by atoms with van der Waals surface area (Å²) in [5.41, 5.74) is 1.83. The third kappa shape index (κ3) is 2.84. The van der Waals surface area contributed by atoms with Gasteiger partial charge in [-0.15, -0.1) is 0 Å². The highest BCUT2D eigenvalue weighted by Crippen LogP contribution is 2.50. The first kappa shape index (κ1) is 16.0. The zero-order valence-electron chi connectivity index (χ0n) is 13.0. The van der Waals surface area contributed by atoms with E-state index in [1.807, 2.05) is 24.3 Å². The Kier molecular flexibility index (Phi) is 4.31. The highest BCUT2D eigenvalue weighted by atomic mass is 35.5.